The molecule has 6 heteroatoms. The predicted octanol–water partition coefficient (Wildman–Crippen LogP) is 2.60. The van der Waals surface area contributed by atoms with E-state index in [-0.39, 0.29) is 10.8 Å². The quantitative estimate of drug-likeness (QED) is 0.808. The van der Waals surface area contributed by atoms with Gasteiger partial charge in [-0.25, -0.2) is 8.42 Å². The molecule has 1 amide bonds. The summed E-state index contributed by atoms with van der Waals surface area (Å²) >= 11 is 0. The highest BCUT2D eigenvalue weighted by Gasteiger charge is 2.11. The second kappa shape index (κ2) is 5.31. The van der Waals surface area contributed by atoms with E-state index in [4.69, 9.17) is 0 Å². The van der Waals surface area contributed by atoms with E-state index in [0.29, 0.717) is 11.3 Å². The summed E-state index contributed by atoms with van der Waals surface area (Å²) in [5.74, 6) is -0.283. The van der Waals surface area contributed by atoms with Gasteiger partial charge in [0.25, 0.3) is 5.91 Å². The Morgan fingerprint density at radius 3 is 2.64 bits per heavy atom. The van der Waals surface area contributed by atoms with Gasteiger partial charge in [-0.3, -0.25) is 4.79 Å². The van der Waals surface area contributed by atoms with Crippen molar-refractivity contribution in [2.45, 2.75) is 4.90 Å². The molecule has 112 valence electrons. The fourth-order valence-corrected chi connectivity index (χ4v) is 2.85. The van der Waals surface area contributed by atoms with Gasteiger partial charge in [-0.1, -0.05) is 12.1 Å². The monoisotopic (exact) mass is 314 g/mol. The van der Waals surface area contributed by atoms with E-state index in [1.165, 1.54) is 12.1 Å². The molecule has 0 saturated heterocycles. The maximum atomic E-state index is 12.3. The van der Waals surface area contributed by atoms with Gasteiger partial charge in [-0.05, 0) is 36.4 Å². The number of amides is 1. The van der Waals surface area contributed by atoms with Crippen LogP contribution in [0.1, 0.15) is 10.4 Å². The minimum atomic E-state index is -3.30. The van der Waals surface area contributed by atoms with Crippen molar-refractivity contribution in [2.24, 2.45) is 0 Å². The lowest BCUT2D eigenvalue weighted by Crippen LogP contribution is -2.11. The molecule has 2 heterocycles. The largest absolute Gasteiger partial charge is 0.323 e. The number of anilines is 1. The van der Waals surface area contributed by atoms with Crippen molar-refractivity contribution in [1.29, 1.82) is 0 Å². The number of nitrogens with one attached hydrogen (secondary N) is 1. The lowest BCUT2D eigenvalue weighted by molar-refractivity contribution is 0.102. The van der Waals surface area contributed by atoms with Crippen molar-refractivity contribution in [2.75, 3.05) is 11.6 Å². The van der Waals surface area contributed by atoms with Gasteiger partial charge in [-0.15, -0.1) is 0 Å². The van der Waals surface area contributed by atoms with Gasteiger partial charge in [-0.2, -0.15) is 0 Å². The van der Waals surface area contributed by atoms with E-state index >= 15 is 0 Å². The fraction of sp³-hybridized carbons (Fsp3) is 0.0625. The first kappa shape index (κ1) is 14.3. The Hall–Kier alpha value is -2.60. The molecule has 0 aliphatic heterocycles. The van der Waals surface area contributed by atoms with Crippen molar-refractivity contribution < 1.29 is 13.2 Å². The summed E-state index contributed by atoms with van der Waals surface area (Å²) in [5.41, 5.74) is 1.87. The second-order valence-electron chi connectivity index (χ2n) is 5.02. The maximum absolute atomic E-state index is 12.3. The number of sulfone groups is 1. The standard InChI is InChI=1S/C16H14N2O3S/c1-22(20,21)15-7-4-5-13(10-15)17-16(19)12-9-14-6-2-3-8-18(14)11-12/h2-11H,1H3,(H,17,19). The van der Waals surface area contributed by atoms with Crippen LogP contribution >= 0.6 is 0 Å². The van der Waals surface area contributed by atoms with E-state index in [9.17, 15) is 13.2 Å². The zero-order valence-electron chi connectivity index (χ0n) is 11.9. The third-order valence-electron chi connectivity index (χ3n) is 3.29. The fourth-order valence-electron chi connectivity index (χ4n) is 2.19. The van der Waals surface area contributed by atoms with Gasteiger partial charge < -0.3 is 9.72 Å². The van der Waals surface area contributed by atoms with Gasteiger partial charge in [0.1, 0.15) is 0 Å². The molecule has 0 unspecified atom stereocenters. The number of carbonyl (C=O) groups excluding carboxylic acids is 1. The number of nitrogens with zero attached hydrogens (tertiary/aromatic N) is 1. The van der Waals surface area contributed by atoms with Gasteiger partial charge >= 0.3 is 0 Å². The van der Waals surface area contributed by atoms with E-state index in [2.05, 4.69) is 5.32 Å². The maximum Gasteiger partial charge on any atom is 0.257 e. The van der Waals surface area contributed by atoms with Crippen molar-refractivity contribution >= 4 is 26.9 Å². The third kappa shape index (κ3) is 2.87. The van der Waals surface area contributed by atoms with Crippen LogP contribution in [0.25, 0.3) is 5.52 Å². The number of hydrogen-bond acceptors (Lipinski definition) is 3. The number of fused-ring (bicyclic) bond motifs is 1. The Morgan fingerprint density at radius 2 is 1.91 bits per heavy atom. The van der Waals surface area contributed by atoms with E-state index in [0.717, 1.165) is 11.8 Å². The molecule has 0 radical (unpaired) electrons. The Labute approximate surface area is 128 Å². The first-order chi connectivity index (χ1) is 10.4. The molecule has 3 rings (SSSR count). The average molecular weight is 314 g/mol. The van der Waals surface area contributed by atoms with Crippen LogP contribution in [0.2, 0.25) is 0 Å². The summed E-state index contributed by atoms with van der Waals surface area (Å²) in [5, 5.41) is 2.71. The summed E-state index contributed by atoms with van der Waals surface area (Å²) in [6, 6.07) is 13.7. The summed E-state index contributed by atoms with van der Waals surface area (Å²) in [6.07, 6.45) is 4.72. The first-order valence-corrected chi connectivity index (χ1v) is 8.51. The number of carbonyl (C=O) groups is 1. The Morgan fingerprint density at radius 1 is 1.09 bits per heavy atom. The molecule has 0 bridgehead atoms. The van der Waals surface area contributed by atoms with Crippen molar-refractivity contribution in [3.63, 3.8) is 0 Å². The molecule has 2 aromatic heterocycles. The predicted molar refractivity (Wildman–Crippen MR) is 84.9 cm³/mol. The molecule has 0 aliphatic carbocycles. The lowest BCUT2D eigenvalue weighted by Gasteiger charge is -2.05. The van der Waals surface area contributed by atoms with Crippen molar-refractivity contribution in [3.05, 3.63) is 66.5 Å². The van der Waals surface area contributed by atoms with E-state index < -0.39 is 9.84 Å². The Balaban J connectivity index is 1.88. The van der Waals surface area contributed by atoms with Crippen LogP contribution < -0.4 is 5.32 Å². The van der Waals surface area contributed by atoms with Crippen LogP contribution in [0.4, 0.5) is 5.69 Å². The van der Waals surface area contributed by atoms with Crippen LogP contribution in [0.3, 0.4) is 0 Å². The van der Waals surface area contributed by atoms with E-state index in [1.807, 2.05) is 28.8 Å². The van der Waals surface area contributed by atoms with Gasteiger partial charge in [0, 0.05) is 29.9 Å². The normalized spacial score (nSPS) is 11.5. The Bertz CT molecular complexity index is 925. The van der Waals surface area contributed by atoms with Crippen LogP contribution in [-0.2, 0) is 9.84 Å². The van der Waals surface area contributed by atoms with Crippen LogP contribution in [0.15, 0.2) is 65.8 Å². The molecule has 1 aromatic carbocycles. The summed E-state index contributed by atoms with van der Waals surface area (Å²) < 4.78 is 24.9. The molecule has 22 heavy (non-hydrogen) atoms. The van der Waals surface area contributed by atoms with Crippen LogP contribution in [-0.4, -0.2) is 25.0 Å². The molecule has 0 atom stereocenters. The zero-order chi connectivity index (χ0) is 15.7. The Kier molecular flexibility index (Phi) is 3.46. The number of hydrogen-bond donors (Lipinski definition) is 1. The smallest absolute Gasteiger partial charge is 0.257 e. The van der Waals surface area contributed by atoms with Gasteiger partial charge in [0.05, 0.1) is 10.5 Å². The highest BCUT2D eigenvalue weighted by Crippen LogP contribution is 2.17. The summed E-state index contributed by atoms with van der Waals surface area (Å²) in [6.45, 7) is 0. The van der Waals surface area contributed by atoms with Crippen LogP contribution in [0, 0.1) is 0 Å². The number of benzene rings is 1. The molecule has 3 aromatic rings. The van der Waals surface area contributed by atoms with Crippen molar-refractivity contribution in [1.82, 2.24) is 4.40 Å². The zero-order valence-corrected chi connectivity index (χ0v) is 12.7. The molecular formula is C16H14N2O3S. The number of pyridine rings is 1. The topological polar surface area (TPSA) is 67.7 Å². The highest BCUT2D eigenvalue weighted by atomic mass is 32.2. The number of rotatable bonds is 3. The molecule has 5 nitrogen and oxygen atoms in total. The summed E-state index contributed by atoms with van der Waals surface area (Å²) in [7, 11) is -3.30. The van der Waals surface area contributed by atoms with Crippen LogP contribution in [0.5, 0.6) is 0 Å². The molecule has 0 spiro atoms. The molecule has 0 saturated carbocycles. The molecular weight excluding hydrogens is 300 g/mol. The lowest BCUT2D eigenvalue weighted by atomic mass is 10.2. The van der Waals surface area contributed by atoms with Crippen molar-refractivity contribution in [3.8, 4) is 0 Å². The minimum absolute atomic E-state index is 0.173. The molecule has 0 aliphatic rings. The number of aromatic nitrogens is 1. The molecule has 0 fully saturated rings. The summed E-state index contributed by atoms with van der Waals surface area (Å²) in [4.78, 5) is 12.4. The first-order valence-electron chi connectivity index (χ1n) is 6.62. The average Bonchev–Trinajstić information content (AvgIpc) is 2.90. The third-order valence-corrected chi connectivity index (χ3v) is 4.40. The van der Waals surface area contributed by atoms with Gasteiger partial charge in [0.2, 0.25) is 0 Å². The second-order valence-corrected chi connectivity index (χ2v) is 7.03. The SMILES string of the molecule is CS(=O)(=O)c1cccc(NC(=O)c2cc3ccccn3c2)c1. The minimum Gasteiger partial charge on any atom is -0.323 e. The van der Waals surface area contributed by atoms with E-state index in [1.54, 1.807) is 24.4 Å². The van der Waals surface area contributed by atoms with Gasteiger partial charge in [0.15, 0.2) is 9.84 Å². The highest BCUT2D eigenvalue weighted by molar-refractivity contribution is 7.90. The molecule has 1 N–H and O–H groups in total.